The van der Waals surface area contributed by atoms with Crippen molar-refractivity contribution in [3.63, 3.8) is 0 Å². The fourth-order valence-electron chi connectivity index (χ4n) is 1.76. The summed E-state index contributed by atoms with van der Waals surface area (Å²) in [7, 11) is 2.68. The largest absolute Gasteiger partial charge is 0.469 e. The number of methoxy groups -OCH3 is 2. The van der Waals surface area contributed by atoms with Gasteiger partial charge in [0.05, 0.1) is 32.7 Å². The number of anilines is 1. The summed E-state index contributed by atoms with van der Waals surface area (Å²) in [5.41, 5.74) is 1.28. The summed E-state index contributed by atoms with van der Waals surface area (Å²) in [5, 5.41) is 0.455. The summed E-state index contributed by atoms with van der Waals surface area (Å²) in [5.74, 6) is -0.698. The zero-order valence-corrected chi connectivity index (χ0v) is 12.9. The molecule has 1 aromatic rings. The monoisotopic (exact) mass is 311 g/mol. The number of benzene rings is 1. The quantitative estimate of drug-likeness (QED) is 0.724. The van der Waals surface area contributed by atoms with Gasteiger partial charge in [0.15, 0.2) is 0 Å². The molecule has 0 amide bonds. The molecule has 0 radical (unpaired) electrons. The van der Waals surface area contributed by atoms with E-state index in [1.165, 1.54) is 14.2 Å². The van der Waals surface area contributed by atoms with Crippen LogP contribution in [0.15, 0.2) is 35.9 Å². The zero-order chi connectivity index (χ0) is 15.8. The van der Waals surface area contributed by atoms with Crippen molar-refractivity contribution in [1.82, 2.24) is 0 Å². The zero-order valence-electron chi connectivity index (χ0n) is 12.1. The Labute approximate surface area is 129 Å². The van der Waals surface area contributed by atoms with Crippen LogP contribution >= 0.6 is 11.6 Å². The first-order valence-electron chi connectivity index (χ1n) is 6.31. The molecular weight excluding hydrogens is 294 g/mol. The second kappa shape index (κ2) is 8.32. The summed E-state index contributed by atoms with van der Waals surface area (Å²) in [6.07, 6.45) is 0.236. The lowest BCUT2D eigenvalue weighted by Gasteiger charge is -2.24. The van der Waals surface area contributed by atoms with Crippen LogP contribution in [0, 0.1) is 0 Å². The lowest BCUT2D eigenvalue weighted by atomic mass is 10.2. The third-order valence-electron chi connectivity index (χ3n) is 2.83. The molecule has 1 rings (SSSR count). The van der Waals surface area contributed by atoms with Crippen LogP contribution in [-0.2, 0) is 14.3 Å². The lowest BCUT2D eigenvalue weighted by Crippen LogP contribution is -2.27. The minimum atomic E-state index is -0.399. The highest BCUT2D eigenvalue weighted by Crippen LogP contribution is 2.18. The summed E-state index contributed by atoms with van der Waals surface area (Å²) < 4.78 is 9.27. The minimum absolute atomic E-state index is 0.236. The molecule has 0 heterocycles. The molecule has 114 valence electrons. The van der Waals surface area contributed by atoms with Crippen molar-refractivity contribution in [2.75, 3.05) is 32.2 Å². The maximum absolute atomic E-state index is 11.4. The normalized spacial score (nSPS) is 9.86. The summed E-state index contributed by atoms with van der Waals surface area (Å²) in [4.78, 5) is 24.5. The first-order valence-corrected chi connectivity index (χ1v) is 6.69. The van der Waals surface area contributed by atoms with E-state index in [-0.39, 0.29) is 12.4 Å². The molecule has 0 saturated heterocycles. The highest BCUT2D eigenvalue weighted by Gasteiger charge is 2.12. The number of nitrogens with zero attached hydrogens (tertiary/aromatic N) is 1. The molecule has 0 atom stereocenters. The molecule has 0 aromatic heterocycles. The van der Waals surface area contributed by atoms with E-state index in [0.717, 1.165) is 5.69 Å². The van der Waals surface area contributed by atoms with E-state index in [9.17, 15) is 9.59 Å². The molecule has 6 heteroatoms. The van der Waals surface area contributed by atoms with Crippen molar-refractivity contribution < 1.29 is 19.1 Å². The standard InChI is InChI=1S/C15H18ClNO4/c1-11(16)10-17(9-8-14(18)20-2)13-6-4-12(5-7-13)15(19)21-3/h4-7H,1,8-10H2,2-3H3. The molecule has 0 N–H and O–H groups in total. The van der Waals surface area contributed by atoms with Gasteiger partial charge in [-0.1, -0.05) is 18.2 Å². The number of halogens is 1. The van der Waals surface area contributed by atoms with E-state index in [0.29, 0.717) is 23.7 Å². The summed E-state index contributed by atoms with van der Waals surface area (Å²) >= 11 is 5.85. The van der Waals surface area contributed by atoms with Crippen molar-refractivity contribution in [3.05, 3.63) is 41.4 Å². The van der Waals surface area contributed by atoms with Crippen LogP contribution in [0.4, 0.5) is 5.69 Å². The van der Waals surface area contributed by atoms with Crippen LogP contribution in [0.3, 0.4) is 0 Å². The molecule has 0 aliphatic carbocycles. The van der Waals surface area contributed by atoms with Crippen molar-refractivity contribution in [1.29, 1.82) is 0 Å². The summed E-state index contributed by atoms with van der Waals surface area (Å²) in [6.45, 7) is 4.50. The number of hydrogen-bond acceptors (Lipinski definition) is 5. The van der Waals surface area contributed by atoms with E-state index in [1.807, 2.05) is 4.90 Å². The Morgan fingerprint density at radius 1 is 1.19 bits per heavy atom. The van der Waals surface area contributed by atoms with Crippen LogP contribution < -0.4 is 4.90 Å². The second-order valence-corrected chi connectivity index (χ2v) is 4.84. The minimum Gasteiger partial charge on any atom is -0.469 e. The molecular formula is C15H18ClNO4. The number of ether oxygens (including phenoxy) is 2. The predicted octanol–water partition coefficient (Wildman–Crippen LogP) is 2.60. The molecule has 1 aromatic carbocycles. The maximum atomic E-state index is 11.4. The molecule has 0 fully saturated rings. The van der Waals surface area contributed by atoms with E-state index >= 15 is 0 Å². The second-order valence-electron chi connectivity index (χ2n) is 4.30. The van der Waals surface area contributed by atoms with Gasteiger partial charge < -0.3 is 14.4 Å². The number of esters is 2. The molecule has 0 aliphatic rings. The average molecular weight is 312 g/mol. The Balaban J connectivity index is 2.84. The van der Waals surface area contributed by atoms with E-state index in [1.54, 1.807) is 24.3 Å². The average Bonchev–Trinajstić information content (AvgIpc) is 2.50. The third-order valence-corrected chi connectivity index (χ3v) is 2.95. The van der Waals surface area contributed by atoms with Crippen LogP contribution in [0.2, 0.25) is 0 Å². The van der Waals surface area contributed by atoms with Crippen molar-refractivity contribution in [2.24, 2.45) is 0 Å². The number of carbonyl (C=O) groups is 2. The van der Waals surface area contributed by atoms with Gasteiger partial charge in [-0.3, -0.25) is 4.79 Å². The Bertz CT molecular complexity index is 513. The first-order chi connectivity index (χ1) is 9.97. The fraction of sp³-hybridized carbons (Fsp3) is 0.333. The predicted molar refractivity (Wildman–Crippen MR) is 81.6 cm³/mol. The topological polar surface area (TPSA) is 55.8 Å². The first kappa shape index (κ1) is 17.0. The Morgan fingerprint density at radius 2 is 1.81 bits per heavy atom. The van der Waals surface area contributed by atoms with E-state index in [4.69, 9.17) is 11.6 Å². The third kappa shape index (κ3) is 5.47. The molecule has 5 nitrogen and oxygen atoms in total. The molecule has 0 aliphatic heterocycles. The Morgan fingerprint density at radius 3 is 2.29 bits per heavy atom. The molecule has 0 unspecified atom stereocenters. The summed E-state index contributed by atoms with van der Waals surface area (Å²) in [6, 6.07) is 6.85. The van der Waals surface area contributed by atoms with Crippen molar-refractivity contribution >= 4 is 29.2 Å². The number of hydrogen-bond donors (Lipinski definition) is 0. The van der Waals surface area contributed by atoms with Gasteiger partial charge >= 0.3 is 11.9 Å². The molecule has 0 saturated carbocycles. The van der Waals surface area contributed by atoms with Gasteiger partial charge in [-0.05, 0) is 24.3 Å². The van der Waals surface area contributed by atoms with Crippen molar-refractivity contribution in [3.8, 4) is 0 Å². The molecule has 0 spiro atoms. The van der Waals surface area contributed by atoms with Gasteiger partial charge in [0.25, 0.3) is 0 Å². The Hall–Kier alpha value is -2.01. The van der Waals surface area contributed by atoms with Gasteiger partial charge in [0, 0.05) is 17.3 Å². The van der Waals surface area contributed by atoms with Crippen LogP contribution in [-0.4, -0.2) is 39.2 Å². The van der Waals surface area contributed by atoms with Crippen LogP contribution in [0.5, 0.6) is 0 Å². The van der Waals surface area contributed by atoms with Gasteiger partial charge in [0.1, 0.15) is 0 Å². The Kier molecular flexibility index (Phi) is 6.75. The number of carbonyl (C=O) groups excluding carboxylic acids is 2. The van der Waals surface area contributed by atoms with Crippen molar-refractivity contribution in [2.45, 2.75) is 6.42 Å². The van der Waals surface area contributed by atoms with E-state index in [2.05, 4.69) is 16.1 Å². The molecule has 0 bridgehead atoms. The van der Waals surface area contributed by atoms with Gasteiger partial charge in [0.2, 0.25) is 0 Å². The van der Waals surface area contributed by atoms with Crippen LogP contribution in [0.1, 0.15) is 16.8 Å². The number of rotatable bonds is 7. The fourth-order valence-corrected chi connectivity index (χ4v) is 1.91. The smallest absolute Gasteiger partial charge is 0.337 e. The van der Waals surface area contributed by atoms with Gasteiger partial charge in [-0.2, -0.15) is 0 Å². The highest BCUT2D eigenvalue weighted by atomic mass is 35.5. The maximum Gasteiger partial charge on any atom is 0.337 e. The SMILES string of the molecule is C=C(Cl)CN(CCC(=O)OC)c1ccc(C(=O)OC)cc1. The van der Waals surface area contributed by atoms with Gasteiger partial charge in [-0.15, -0.1) is 0 Å². The van der Waals surface area contributed by atoms with Gasteiger partial charge in [-0.25, -0.2) is 4.79 Å². The lowest BCUT2D eigenvalue weighted by molar-refractivity contribution is -0.140. The van der Waals surface area contributed by atoms with Crippen LogP contribution in [0.25, 0.3) is 0 Å². The highest BCUT2D eigenvalue weighted by molar-refractivity contribution is 6.29. The molecule has 21 heavy (non-hydrogen) atoms. The van der Waals surface area contributed by atoms with E-state index < -0.39 is 5.97 Å².